The van der Waals surface area contributed by atoms with Gasteiger partial charge in [0.05, 0.1) is 11.0 Å². The lowest BCUT2D eigenvalue weighted by atomic mass is 10.1. The highest BCUT2D eigenvalue weighted by Crippen LogP contribution is 2.34. The number of amides is 1. The molecule has 4 rings (SSSR count). The lowest BCUT2D eigenvalue weighted by molar-refractivity contribution is 0.0728. The minimum absolute atomic E-state index is 0.150. The highest BCUT2D eigenvalue weighted by Gasteiger charge is 2.32. The van der Waals surface area contributed by atoms with Crippen molar-refractivity contribution in [1.82, 2.24) is 19.6 Å². The van der Waals surface area contributed by atoms with Gasteiger partial charge in [-0.3, -0.25) is 9.80 Å². The normalized spacial score (nSPS) is 14.3. The molecule has 3 aromatic rings. The van der Waals surface area contributed by atoms with E-state index in [4.69, 9.17) is 4.42 Å². The van der Waals surface area contributed by atoms with E-state index in [1.807, 2.05) is 25.9 Å². The van der Waals surface area contributed by atoms with Gasteiger partial charge in [0.1, 0.15) is 17.2 Å². The highest BCUT2D eigenvalue weighted by atomic mass is 79.9. The molecule has 1 aliphatic rings. The second kappa shape index (κ2) is 5.34. The van der Waals surface area contributed by atoms with Gasteiger partial charge >= 0.3 is 0 Å². The number of fused-ring (bicyclic) bond motifs is 2. The van der Waals surface area contributed by atoms with E-state index in [0.29, 0.717) is 24.3 Å². The van der Waals surface area contributed by atoms with E-state index in [1.54, 1.807) is 28.0 Å². The number of hydrogen-bond acceptors (Lipinski definition) is 5. The number of anilines is 1. The van der Waals surface area contributed by atoms with Crippen LogP contribution in [0.1, 0.15) is 27.6 Å². The van der Waals surface area contributed by atoms with Crippen LogP contribution in [0.2, 0.25) is 0 Å². The molecule has 0 aromatic carbocycles. The van der Waals surface area contributed by atoms with Crippen molar-refractivity contribution in [1.29, 1.82) is 0 Å². The number of carbonyl (C=O) groups excluding carboxylic acids is 1. The van der Waals surface area contributed by atoms with E-state index in [9.17, 15) is 4.79 Å². The van der Waals surface area contributed by atoms with Crippen LogP contribution in [-0.2, 0) is 6.42 Å². The Bertz CT molecular complexity index is 961. The molecule has 4 heterocycles. The molecule has 8 heteroatoms. The summed E-state index contributed by atoms with van der Waals surface area (Å²) in [4.78, 5) is 17.2. The molecule has 0 spiro atoms. The Morgan fingerprint density at radius 3 is 2.96 bits per heavy atom. The van der Waals surface area contributed by atoms with Crippen LogP contribution in [0.25, 0.3) is 5.65 Å². The van der Waals surface area contributed by atoms with Crippen molar-refractivity contribution in [2.75, 3.05) is 18.6 Å². The quantitative estimate of drug-likeness (QED) is 0.639. The number of rotatable bonds is 1. The van der Waals surface area contributed by atoms with Crippen molar-refractivity contribution in [3.63, 3.8) is 0 Å². The zero-order chi connectivity index (χ0) is 17.0. The Hall–Kier alpha value is -2.35. The Morgan fingerprint density at radius 1 is 1.38 bits per heavy atom. The molecule has 24 heavy (non-hydrogen) atoms. The summed E-state index contributed by atoms with van der Waals surface area (Å²) in [5.74, 6) is 1.67. The largest absolute Gasteiger partial charge is 0.464 e. The van der Waals surface area contributed by atoms with E-state index in [0.717, 1.165) is 27.2 Å². The molecule has 0 radical (unpaired) electrons. The molecule has 0 bridgehead atoms. The third-order valence-electron chi connectivity index (χ3n) is 4.40. The average Bonchev–Trinajstić information content (AvgIpc) is 3.09. The van der Waals surface area contributed by atoms with E-state index in [-0.39, 0.29) is 5.91 Å². The molecule has 1 amide bonds. The van der Waals surface area contributed by atoms with Crippen molar-refractivity contribution < 1.29 is 9.21 Å². The summed E-state index contributed by atoms with van der Waals surface area (Å²) in [6, 6.07) is 1.70. The number of hydrogen-bond donors (Lipinski definition) is 0. The minimum Gasteiger partial charge on any atom is -0.464 e. The molecule has 0 unspecified atom stereocenters. The Kier molecular flexibility index (Phi) is 3.38. The molecular formula is C16H16BrN5O2. The summed E-state index contributed by atoms with van der Waals surface area (Å²) in [7, 11) is 1.88. The Labute approximate surface area is 147 Å². The fourth-order valence-electron chi connectivity index (χ4n) is 3.08. The van der Waals surface area contributed by atoms with Gasteiger partial charge in [-0.1, -0.05) is 0 Å². The molecule has 0 atom stereocenters. The standard InChI is InChI=1S/C16H16BrN5O2/c1-9-10(2)24-13-4-5-22(20(3)15(9)13)16(23)12-6-14-18-7-11(17)8-21(14)19-12/h6-8H,4-5H2,1-3H3. The van der Waals surface area contributed by atoms with Gasteiger partial charge in [-0.05, 0) is 29.8 Å². The predicted molar refractivity (Wildman–Crippen MR) is 92.0 cm³/mol. The fourth-order valence-corrected chi connectivity index (χ4v) is 3.38. The van der Waals surface area contributed by atoms with E-state index in [1.165, 1.54) is 0 Å². The molecule has 0 saturated heterocycles. The minimum atomic E-state index is -0.150. The molecule has 0 fully saturated rings. The second-order valence-electron chi connectivity index (χ2n) is 5.86. The fraction of sp³-hybridized carbons (Fsp3) is 0.312. The Morgan fingerprint density at radius 2 is 2.17 bits per heavy atom. The number of aryl methyl sites for hydroxylation is 1. The summed E-state index contributed by atoms with van der Waals surface area (Å²) >= 11 is 3.36. The lowest BCUT2D eigenvalue weighted by Crippen LogP contribution is -2.48. The van der Waals surface area contributed by atoms with Crippen molar-refractivity contribution >= 4 is 33.2 Å². The van der Waals surface area contributed by atoms with Gasteiger partial charge in [-0.25, -0.2) is 14.5 Å². The molecule has 7 nitrogen and oxygen atoms in total. The first-order valence-electron chi connectivity index (χ1n) is 7.61. The van der Waals surface area contributed by atoms with Gasteiger partial charge in [-0.15, -0.1) is 0 Å². The second-order valence-corrected chi connectivity index (χ2v) is 6.78. The first-order chi connectivity index (χ1) is 11.5. The van der Waals surface area contributed by atoms with Gasteiger partial charge in [0, 0.05) is 37.5 Å². The van der Waals surface area contributed by atoms with Crippen molar-refractivity contribution in [2.45, 2.75) is 20.3 Å². The summed E-state index contributed by atoms with van der Waals surface area (Å²) in [6.45, 7) is 4.51. The first-order valence-corrected chi connectivity index (χ1v) is 8.40. The van der Waals surface area contributed by atoms with E-state index < -0.39 is 0 Å². The summed E-state index contributed by atoms with van der Waals surface area (Å²) in [5, 5.41) is 7.91. The van der Waals surface area contributed by atoms with Gasteiger partial charge < -0.3 is 4.42 Å². The van der Waals surface area contributed by atoms with Crippen LogP contribution in [0.3, 0.4) is 0 Å². The molecule has 3 aromatic heterocycles. The zero-order valence-electron chi connectivity index (χ0n) is 13.6. The average molecular weight is 390 g/mol. The number of hydrazine groups is 1. The van der Waals surface area contributed by atoms with Crippen LogP contribution >= 0.6 is 15.9 Å². The summed E-state index contributed by atoms with van der Waals surface area (Å²) < 4.78 is 8.19. The molecular weight excluding hydrogens is 374 g/mol. The molecule has 0 aliphatic carbocycles. The van der Waals surface area contributed by atoms with Gasteiger partial charge in [0.25, 0.3) is 5.91 Å². The molecule has 1 aliphatic heterocycles. The maximum atomic E-state index is 12.9. The smallest absolute Gasteiger partial charge is 0.292 e. The van der Waals surface area contributed by atoms with Gasteiger partial charge in [0.15, 0.2) is 11.3 Å². The molecule has 0 saturated carbocycles. The SMILES string of the molecule is Cc1oc2c(c1C)N(C)N(C(=O)c1cc3ncc(Br)cn3n1)CC2. The van der Waals surface area contributed by atoms with Crippen LogP contribution in [0.5, 0.6) is 0 Å². The topological polar surface area (TPSA) is 66.9 Å². The number of aromatic nitrogens is 3. The van der Waals surface area contributed by atoms with Crippen molar-refractivity contribution in [3.05, 3.63) is 45.7 Å². The van der Waals surface area contributed by atoms with Gasteiger partial charge in [0.2, 0.25) is 0 Å². The number of halogens is 1. The number of carbonyl (C=O) groups is 1. The Balaban J connectivity index is 1.70. The molecule has 0 N–H and O–H groups in total. The van der Waals surface area contributed by atoms with E-state index in [2.05, 4.69) is 26.0 Å². The van der Waals surface area contributed by atoms with E-state index >= 15 is 0 Å². The van der Waals surface area contributed by atoms with Crippen LogP contribution in [0.4, 0.5) is 5.69 Å². The number of nitrogens with zero attached hydrogens (tertiary/aromatic N) is 5. The maximum absolute atomic E-state index is 12.9. The first kappa shape index (κ1) is 15.2. The van der Waals surface area contributed by atoms with Crippen LogP contribution < -0.4 is 5.01 Å². The van der Waals surface area contributed by atoms with Crippen LogP contribution in [-0.4, -0.2) is 39.1 Å². The van der Waals surface area contributed by atoms with Crippen LogP contribution in [0.15, 0.2) is 27.3 Å². The number of furan rings is 1. The zero-order valence-corrected chi connectivity index (χ0v) is 15.2. The lowest BCUT2D eigenvalue weighted by Gasteiger charge is -2.36. The third-order valence-corrected chi connectivity index (χ3v) is 4.80. The monoisotopic (exact) mass is 389 g/mol. The van der Waals surface area contributed by atoms with Crippen molar-refractivity contribution in [2.24, 2.45) is 0 Å². The predicted octanol–water partition coefficient (Wildman–Crippen LogP) is 2.75. The summed E-state index contributed by atoms with van der Waals surface area (Å²) in [5.41, 5.74) is 3.04. The highest BCUT2D eigenvalue weighted by molar-refractivity contribution is 9.10. The summed E-state index contributed by atoms with van der Waals surface area (Å²) in [6.07, 6.45) is 4.15. The van der Waals surface area contributed by atoms with Crippen LogP contribution in [0, 0.1) is 13.8 Å². The van der Waals surface area contributed by atoms with Gasteiger partial charge in [-0.2, -0.15) is 5.10 Å². The van der Waals surface area contributed by atoms with Crippen molar-refractivity contribution in [3.8, 4) is 0 Å². The third kappa shape index (κ3) is 2.21. The maximum Gasteiger partial charge on any atom is 0.292 e. The molecule has 124 valence electrons.